The summed E-state index contributed by atoms with van der Waals surface area (Å²) in [5, 5.41) is 22.0. The van der Waals surface area contributed by atoms with E-state index in [0.717, 1.165) is 45.2 Å². The molecule has 0 radical (unpaired) electrons. The zero-order valence-corrected chi connectivity index (χ0v) is 18.3. The van der Waals surface area contributed by atoms with Crippen LogP contribution in [0.1, 0.15) is 54.4 Å². The molecule has 4 aliphatic carbocycles. The lowest BCUT2D eigenvalue weighted by Crippen LogP contribution is -2.48. The molecule has 0 amide bonds. The summed E-state index contributed by atoms with van der Waals surface area (Å²) in [5.74, 6) is 2.48. The molecule has 164 valence electrons. The first-order valence-corrected chi connectivity index (χ1v) is 11.6. The molecular weight excluding hydrogens is 400 g/mol. The Labute approximate surface area is 187 Å². The lowest BCUT2D eigenvalue weighted by Gasteiger charge is -2.57. The largest absolute Gasteiger partial charge is 0.508 e. The minimum absolute atomic E-state index is 0.125. The van der Waals surface area contributed by atoms with E-state index in [0.29, 0.717) is 11.5 Å². The Morgan fingerprint density at radius 3 is 2.16 bits per heavy atom. The van der Waals surface area contributed by atoms with E-state index in [4.69, 9.17) is 4.74 Å². The number of methoxy groups -OCH3 is 1. The maximum Gasteiger partial charge on any atom is 0.335 e. The van der Waals surface area contributed by atoms with Gasteiger partial charge in [-0.1, -0.05) is 18.2 Å². The van der Waals surface area contributed by atoms with Gasteiger partial charge in [-0.25, -0.2) is 4.79 Å². The molecule has 3 aromatic carbocycles. The molecule has 3 aromatic rings. The first-order valence-electron chi connectivity index (χ1n) is 11.6. The van der Waals surface area contributed by atoms with Gasteiger partial charge in [0.1, 0.15) is 11.5 Å². The van der Waals surface area contributed by atoms with Crippen molar-refractivity contribution in [2.24, 2.45) is 17.8 Å². The standard InChI is InChI=1S/C28H28O4/c1-32-26-12-22(27(30)31)9-21-3-2-19(10-23(21)26)20-4-5-25(29)24(11-20)28-13-16-6-17(14-28)8-18(7-16)15-28/h2-5,9-12,16-18,29H,6-8,13-15H2,1H3,(H,30,31). The van der Waals surface area contributed by atoms with Gasteiger partial charge in [0.05, 0.1) is 12.7 Å². The smallest absolute Gasteiger partial charge is 0.335 e. The molecule has 4 nitrogen and oxygen atoms in total. The van der Waals surface area contributed by atoms with Crippen LogP contribution in [0.3, 0.4) is 0 Å². The van der Waals surface area contributed by atoms with Crippen LogP contribution in [0.15, 0.2) is 48.5 Å². The summed E-state index contributed by atoms with van der Waals surface area (Å²) in [4.78, 5) is 11.5. The van der Waals surface area contributed by atoms with Gasteiger partial charge in [0.15, 0.2) is 0 Å². The number of benzene rings is 3. The average molecular weight is 429 g/mol. The number of carboxylic acids is 1. The SMILES string of the molecule is COc1cc(C(=O)O)cc2ccc(-c3ccc(O)c(C45CC6CC(CC(C6)C4)C5)c3)cc12. The van der Waals surface area contributed by atoms with Crippen molar-refractivity contribution in [3.8, 4) is 22.6 Å². The number of hydrogen-bond donors (Lipinski definition) is 2. The topological polar surface area (TPSA) is 66.8 Å². The molecule has 2 N–H and O–H groups in total. The zero-order valence-electron chi connectivity index (χ0n) is 18.3. The zero-order chi connectivity index (χ0) is 22.0. The molecule has 0 aliphatic heterocycles. The van der Waals surface area contributed by atoms with E-state index in [2.05, 4.69) is 12.1 Å². The first-order chi connectivity index (χ1) is 15.4. The van der Waals surface area contributed by atoms with Crippen LogP contribution in [0, 0.1) is 17.8 Å². The van der Waals surface area contributed by atoms with Crippen LogP contribution < -0.4 is 4.74 Å². The average Bonchev–Trinajstić information content (AvgIpc) is 2.77. The van der Waals surface area contributed by atoms with Crippen LogP contribution in [0.2, 0.25) is 0 Å². The second-order valence-corrected chi connectivity index (χ2v) is 10.3. The molecule has 0 unspecified atom stereocenters. The van der Waals surface area contributed by atoms with Gasteiger partial charge in [-0.2, -0.15) is 0 Å². The summed E-state index contributed by atoms with van der Waals surface area (Å²) < 4.78 is 5.51. The molecule has 4 saturated carbocycles. The Bertz CT molecular complexity index is 1210. The normalized spacial score (nSPS) is 28.2. The van der Waals surface area contributed by atoms with E-state index in [-0.39, 0.29) is 11.0 Å². The fourth-order valence-corrected chi connectivity index (χ4v) is 7.38. The summed E-state index contributed by atoms with van der Waals surface area (Å²) in [7, 11) is 1.57. The van der Waals surface area contributed by atoms with E-state index in [9.17, 15) is 15.0 Å². The number of carboxylic acid groups (broad SMARTS) is 1. The van der Waals surface area contributed by atoms with Crippen LogP contribution in [0.5, 0.6) is 11.5 Å². The van der Waals surface area contributed by atoms with E-state index in [1.54, 1.807) is 19.2 Å². The van der Waals surface area contributed by atoms with Crippen molar-refractivity contribution in [2.75, 3.05) is 7.11 Å². The van der Waals surface area contributed by atoms with Crippen LogP contribution in [-0.2, 0) is 5.41 Å². The van der Waals surface area contributed by atoms with Crippen molar-refractivity contribution in [1.29, 1.82) is 0 Å². The molecular formula is C28H28O4. The summed E-state index contributed by atoms with van der Waals surface area (Å²) in [6.45, 7) is 0. The van der Waals surface area contributed by atoms with Crippen LogP contribution in [0.25, 0.3) is 21.9 Å². The molecule has 4 bridgehead atoms. The highest BCUT2D eigenvalue weighted by Crippen LogP contribution is 2.62. The van der Waals surface area contributed by atoms with Gasteiger partial charge in [-0.05, 0) is 109 Å². The fourth-order valence-electron chi connectivity index (χ4n) is 7.38. The van der Waals surface area contributed by atoms with Gasteiger partial charge in [-0.15, -0.1) is 0 Å². The molecule has 4 aliphatic rings. The predicted octanol–water partition coefficient (Wildman–Crippen LogP) is 6.39. The third kappa shape index (κ3) is 3.00. The number of carbonyl (C=O) groups is 1. The van der Waals surface area contributed by atoms with Crippen molar-refractivity contribution in [2.45, 2.75) is 43.9 Å². The Kier molecular flexibility index (Phi) is 4.30. The number of phenols is 1. The number of fused-ring (bicyclic) bond motifs is 1. The Morgan fingerprint density at radius 2 is 1.53 bits per heavy atom. The van der Waals surface area contributed by atoms with Gasteiger partial charge in [0.2, 0.25) is 0 Å². The number of phenolic OH excluding ortho intramolecular Hbond substituents is 1. The maximum atomic E-state index is 11.5. The summed E-state index contributed by atoms with van der Waals surface area (Å²) in [5.41, 5.74) is 3.60. The van der Waals surface area contributed by atoms with Crippen molar-refractivity contribution in [3.05, 3.63) is 59.7 Å². The maximum absolute atomic E-state index is 11.5. The van der Waals surface area contributed by atoms with Gasteiger partial charge in [-0.3, -0.25) is 0 Å². The van der Waals surface area contributed by atoms with E-state index in [1.165, 1.54) is 38.5 Å². The van der Waals surface area contributed by atoms with Gasteiger partial charge in [0.25, 0.3) is 0 Å². The first kappa shape index (κ1) is 19.7. The highest BCUT2D eigenvalue weighted by molar-refractivity contribution is 5.99. The van der Waals surface area contributed by atoms with Crippen LogP contribution in [-0.4, -0.2) is 23.3 Å². The molecule has 0 heterocycles. The third-order valence-corrected chi connectivity index (χ3v) is 8.32. The second-order valence-electron chi connectivity index (χ2n) is 10.3. The Hall–Kier alpha value is -3.01. The van der Waals surface area contributed by atoms with Crippen LogP contribution in [0.4, 0.5) is 0 Å². The monoisotopic (exact) mass is 428 g/mol. The lowest BCUT2D eigenvalue weighted by molar-refractivity contribution is -0.00611. The van der Waals surface area contributed by atoms with Crippen LogP contribution >= 0.6 is 0 Å². The number of aromatic hydroxyl groups is 1. The van der Waals surface area contributed by atoms with Crippen molar-refractivity contribution < 1.29 is 19.7 Å². The number of aromatic carboxylic acids is 1. The Balaban J connectivity index is 1.44. The second kappa shape index (κ2) is 6.99. The van der Waals surface area contributed by atoms with E-state index >= 15 is 0 Å². The van der Waals surface area contributed by atoms with Gasteiger partial charge < -0.3 is 14.9 Å². The summed E-state index contributed by atoms with van der Waals surface area (Å²) in [6, 6.07) is 15.4. The Morgan fingerprint density at radius 1 is 0.906 bits per heavy atom. The quantitative estimate of drug-likeness (QED) is 0.505. The molecule has 0 aromatic heterocycles. The number of hydrogen-bond acceptors (Lipinski definition) is 3. The summed E-state index contributed by atoms with van der Waals surface area (Å²) >= 11 is 0. The van der Waals surface area contributed by atoms with E-state index in [1.807, 2.05) is 24.3 Å². The lowest BCUT2D eigenvalue weighted by atomic mass is 9.48. The molecule has 7 rings (SSSR count). The van der Waals surface area contributed by atoms with Crippen molar-refractivity contribution in [1.82, 2.24) is 0 Å². The molecule has 4 heteroatoms. The van der Waals surface area contributed by atoms with E-state index < -0.39 is 5.97 Å². The number of ether oxygens (including phenoxy) is 1. The highest BCUT2D eigenvalue weighted by Gasteiger charge is 2.52. The van der Waals surface area contributed by atoms with Crippen molar-refractivity contribution in [3.63, 3.8) is 0 Å². The predicted molar refractivity (Wildman–Crippen MR) is 124 cm³/mol. The molecule has 32 heavy (non-hydrogen) atoms. The molecule has 0 spiro atoms. The van der Waals surface area contributed by atoms with Gasteiger partial charge >= 0.3 is 5.97 Å². The molecule has 0 saturated heterocycles. The van der Waals surface area contributed by atoms with Gasteiger partial charge in [0, 0.05) is 10.9 Å². The number of rotatable bonds is 4. The molecule has 4 fully saturated rings. The minimum Gasteiger partial charge on any atom is -0.508 e. The fraction of sp³-hybridized carbons (Fsp3) is 0.393. The molecule has 0 atom stereocenters. The third-order valence-electron chi connectivity index (χ3n) is 8.32. The minimum atomic E-state index is -0.965. The van der Waals surface area contributed by atoms with Crippen molar-refractivity contribution >= 4 is 16.7 Å². The highest BCUT2D eigenvalue weighted by atomic mass is 16.5. The summed E-state index contributed by atoms with van der Waals surface area (Å²) in [6.07, 6.45) is 7.76.